The Balaban J connectivity index is 2.24. The number of carbonyl (C=O) groups is 1. The molecule has 2 rings (SSSR count). The molecule has 1 atom stereocenters. The molecule has 0 radical (unpaired) electrons. The van der Waals surface area contributed by atoms with Crippen LogP contribution in [0.4, 0.5) is 0 Å². The topological polar surface area (TPSA) is 46.3 Å². The van der Waals surface area contributed by atoms with Gasteiger partial charge in [0.2, 0.25) is 0 Å². The first-order valence-electron chi connectivity index (χ1n) is 5.08. The van der Waals surface area contributed by atoms with E-state index >= 15 is 0 Å². The Bertz CT molecular complexity index is 422. The molecule has 1 aliphatic rings. The van der Waals surface area contributed by atoms with Crippen LogP contribution < -0.4 is 5.73 Å². The molecule has 16 heavy (non-hydrogen) atoms. The number of nitrogens with two attached hydrogens (primary N) is 1. The van der Waals surface area contributed by atoms with Crippen molar-refractivity contribution in [2.75, 3.05) is 13.1 Å². The number of benzene rings is 1. The number of nitrogens with zero attached hydrogens (tertiary/aromatic N) is 1. The molecule has 1 fully saturated rings. The van der Waals surface area contributed by atoms with Gasteiger partial charge in [-0.15, -0.1) is 0 Å². The molecule has 3 nitrogen and oxygen atoms in total. The highest BCUT2D eigenvalue weighted by Crippen LogP contribution is 2.27. The normalized spacial score (nSPS) is 20.2. The second-order valence-electron chi connectivity index (χ2n) is 3.90. The van der Waals surface area contributed by atoms with E-state index in [-0.39, 0.29) is 11.9 Å². The highest BCUT2D eigenvalue weighted by atomic mass is 35.5. The van der Waals surface area contributed by atoms with Gasteiger partial charge in [-0.1, -0.05) is 29.3 Å². The average molecular weight is 259 g/mol. The molecule has 0 aliphatic carbocycles. The summed E-state index contributed by atoms with van der Waals surface area (Å²) in [5.74, 6) is -0.0968. The van der Waals surface area contributed by atoms with Crippen molar-refractivity contribution < 1.29 is 4.79 Å². The molecular formula is C11H12Cl2N2O. The fourth-order valence-electron chi connectivity index (χ4n) is 1.81. The lowest BCUT2D eigenvalue weighted by Gasteiger charge is -2.16. The Morgan fingerprint density at radius 2 is 2.19 bits per heavy atom. The fourth-order valence-corrected chi connectivity index (χ4v) is 2.19. The standard InChI is InChI=1S/C11H12Cl2N2O/c12-9-3-1-2-8(10(9)13)11(16)15-5-4-7(14)6-15/h1-3,7H,4-6,14H2. The molecule has 1 saturated heterocycles. The third kappa shape index (κ3) is 2.17. The highest BCUT2D eigenvalue weighted by molar-refractivity contribution is 6.43. The van der Waals surface area contributed by atoms with Crippen molar-refractivity contribution in [3.8, 4) is 0 Å². The summed E-state index contributed by atoms with van der Waals surface area (Å²) in [5.41, 5.74) is 6.20. The molecule has 1 aliphatic heterocycles. The molecular weight excluding hydrogens is 247 g/mol. The van der Waals surface area contributed by atoms with E-state index in [1.165, 1.54) is 0 Å². The SMILES string of the molecule is NC1CCN(C(=O)c2cccc(Cl)c2Cl)C1. The second kappa shape index (κ2) is 4.62. The molecule has 2 N–H and O–H groups in total. The zero-order chi connectivity index (χ0) is 11.7. The largest absolute Gasteiger partial charge is 0.337 e. The van der Waals surface area contributed by atoms with Crippen molar-refractivity contribution in [3.05, 3.63) is 33.8 Å². The summed E-state index contributed by atoms with van der Waals surface area (Å²) in [7, 11) is 0. The van der Waals surface area contributed by atoms with E-state index in [4.69, 9.17) is 28.9 Å². The smallest absolute Gasteiger partial charge is 0.255 e. The number of hydrogen-bond acceptors (Lipinski definition) is 2. The zero-order valence-electron chi connectivity index (χ0n) is 8.62. The molecule has 1 heterocycles. The summed E-state index contributed by atoms with van der Waals surface area (Å²) in [5, 5.41) is 0.714. The first kappa shape index (κ1) is 11.7. The predicted molar refractivity (Wildman–Crippen MR) is 65.0 cm³/mol. The molecule has 0 bridgehead atoms. The Morgan fingerprint density at radius 1 is 1.44 bits per heavy atom. The van der Waals surface area contributed by atoms with Gasteiger partial charge in [-0.25, -0.2) is 0 Å². The quantitative estimate of drug-likeness (QED) is 0.840. The van der Waals surface area contributed by atoms with Crippen LogP contribution in [-0.4, -0.2) is 29.9 Å². The van der Waals surface area contributed by atoms with E-state index in [0.717, 1.165) is 6.42 Å². The van der Waals surface area contributed by atoms with Gasteiger partial charge in [0.1, 0.15) is 0 Å². The van der Waals surface area contributed by atoms with E-state index in [9.17, 15) is 4.79 Å². The Hall–Kier alpha value is -0.770. The van der Waals surface area contributed by atoms with Crippen LogP contribution >= 0.6 is 23.2 Å². The van der Waals surface area contributed by atoms with Crippen LogP contribution in [0.25, 0.3) is 0 Å². The van der Waals surface area contributed by atoms with Crippen molar-refractivity contribution in [1.82, 2.24) is 4.90 Å². The van der Waals surface area contributed by atoms with E-state index in [1.54, 1.807) is 23.1 Å². The van der Waals surface area contributed by atoms with Gasteiger partial charge in [-0.3, -0.25) is 4.79 Å². The van der Waals surface area contributed by atoms with E-state index < -0.39 is 0 Å². The molecule has 0 saturated carbocycles. The van der Waals surface area contributed by atoms with Crippen molar-refractivity contribution in [3.63, 3.8) is 0 Å². The summed E-state index contributed by atoms with van der Waals surface area (Å²) in [6.07, 6.45) is 0.837. The molecule has 1 amide bonds. The minimum Gasteiger partial charge on any atom is -0.337 e. The number of likely N-dealkylation sites (tertiary alicyclic amines) is 1. The van der Waals surface area contributed by atoms with Crippen LogP contribution in [0.5, 0.6) is 0 Å². The zero-order valence-corrected chi connectivity index (χ0v) is 10.1. The highest BCUT2D eigenvalue weighted by Gasteiger charge is 2.26. The molecule has 5 heteroatoms. The van der Waals surface area contributed by atoms with Crippen molar-refractivity contribution >= 4 is 29.1 Å². The van der Waals surface area contributed by atoms with Gasteiger partial charge in [-0.05, 0) is 18.6 Å². The van der Waals surface area contributed by atoms with Crippen LogP contribution in [0.1, 0.15) is 16.8 Å². The number of carbonyl (C=O) groups excluding carboxylic acids is 1. The van der Waals surface area contributed by atoms with Crippen LogP contribution in [0.15, 0.2) is 18.2 Å². The van der Waals surface area contributed by atoms with Crippen molar-refractivity contribution in [2.24, 2.45) is 5.73 Å². The van der Waals surface area contributed by atoms with Gasteiger partial charge >= 0.3 is 0 Å². The Kier molecular flexibility index (Phi) is 3.38. The maximum absolute atomic E-state index is 12.1. The van der Waals surface area contributed by atoms with Crippen molar-refractivity contribution in [1.29, 1.82) is 0 Å². The number of hydrogen-bond donors (Lipinski definition) is 1. The van der Waals surface area contributed by atoms with E-state index in [0.29, 0.717) is 28.7 Å². The van der Waals surface area contributed by atoms with Gasteiger partial charge in [0.25, 0.3) is 5.91 Å². The maximum Gasteiger partial charge on any atom is 0.255 e. The predicted octanol–water partition coefficient (Wildman–Crippen LogP) is 2.17. The van der Waals surface area contributed by atoms with Crippen LogP contribution in [0.2, 0.25) is 10.0 Å². The van der Waals surface area contributed by atoms with Crippen LogP contribution in [0.3, 0.4) is 0 Å². The molecule has 1 unspecified atom stereocenters. The minimum absolute atomic E-state index is 0.0712. The van der Waals surface area contributed by atoms with Gasteiger partial charge in [-0.2, -0.15) is 0 Å². The van der Waals surface area contributed by atoms with Gasteiger partial charge < -0.3 is 10.6 Å². The summed E-state index contributed by atoms with van der Waals surface area (Å²) in [4.78, 5) is 13.8. The maximum atomic E-state index is 12.1. The summed E-state index contributed by atoms with van der Waals surface area (Å²) >= 11 is 11.9. The Labute approximate surface area is 104 Å². The van der Waals surface area contributed by atoms with E-state index in [2.05, 4.69) is 0 Å². The average Bonchev–Trinajstić information content (AvgIpc) is 2.68. The molecule has 86 valence electrons. The van der Waals surface area contributed by atoms with Gasteiger partial charge in [0.05, 0.1) is 15.6 Å². The molecule has 1 aromatic rings. The minimum atomic E-state index is -0.0968. The summed E-state index contributed by atoms with van der Waals surface area (Å²) < 4.78 is 0. The lowest BCUT2D eigenvalue weighted by atomic mass is 10.2. The number of halogens is 2. The van der Waals surface area contributed by atoms with Gasteiger partial charge in [0, 0.05) is 19.1 Å². The second-order valence-corrected chi connectivity index (χ2v) is 4.69. The molecule has 1 aromatic carbocycles. The third-order valence-corrected chi connectivity index (χ3v) is 3.51. The summed E-state index contributed by atoms with van der Waals surface area (Å²) in [6, 6.07) is 5.13. The van der Waals surface area contributed by atoms with Crippen molar-refractivity contribution in [2.45, 2.75) is 12.5 Å². The van der Waals surface area contributed by atoms with Crippen LogP contribution in [-0.2, 0) is 0 Å². The molecule has 0 spiro atoms. The fraction of sp³-hybridized carbons (Fsp3) is 0.364. The number of amides is 1. The lowest BCUT2D eigenvalue weighted by Crippen LogP contribution is -2.32. The summed E-state index contributed by atoms with van der Waals surface area (Å²) in [6.45, 7) is 1.27. The monoisotopic (exact) mass is 258 g/mol. The molecule has 0 aromatic heterocycles. The van der Waals surface area contributed by atoms with Crippen LogP contribution in [0, 0.1) is 0 Å². The Morgan fingerprint density at radius 3 is 2.81 bits per heavy atom. The first-order valence-corrected chi connectivity index (χ1v) is 5.84. The third-order valence-electron chi connectivity index (χ3n) is 2.69. The number of rotatable bonds is 1. The van der Waals surface area contributed by atoms with E-state index in [1.807, 2.05) is 0 Å². The van der Waals surface area contributed by atoms with Gasteiger partial charge in [0.15, 0.2) is 0 Å². The first-order chi connectivity index (χ1) is 7.59. The lowest BCUT2D eigenvalue weighted by molar-refractivity contribution is 0.0791.